The van der Waals surface area contributed by atoms with Gasteiger partial charge in [-0.05, 0) is 62.5 Å². The monoisotopic (exact) mass is 391 g/mol. The molecular formula is C21H29NO2S2. The first-order valence-electron chi connectivity index (χ1n) is 9.81. The molecule has 2 bridgehead atoms. The summed E-state index contributed by atoms with van der Waals surface area (Å²) in [5.41, 5.74) is 2.40. The summed E-state index contributed by atoms with van der Waals surface area (Å²) in [5.74, 6) is 5.49. The third-order valence-electron chi connectivity index (χ3n) is 6.38. The summed E-state index contributed by atoms with van der Waals surface area (Å²) in [6.45, 7) is 2.79. The largest absolute Gasteiger partial charge is 0.496 e. The van der Waals surface area contributed by atoms with E-state index in [0.29, 0.717) is 10.6 Å². The number of amides is 1. The molecule has 2 saturated carbocycles. The van der Waals surface area contributed by atoms with Crippen LogP contribution in [0.2, 0.25) is 0 Å². The van der Waals surface area contributed by atoms with Crippen LogP contribution in [0.25, 0.3) is 0 Å². The molecule has 1 amide bonds. The number of hydrogen-bond acceptors (Lipinski definition) is 4. The Balaban J connectivity index is 1.32. The molecular weight excluding hydrogens is 362 g/mol. The van der Waals surface area contributed by atoms with Crippen LogP contribution in [0.5, 0.6) is 5.75 Å². The molecule has 4 rings (SSSR count). The molecule has 0 radical (unpaired) electrons. The van der Waals surface area contributed by atoms with Gasteiger partial charge in [-0.25, -0.2) is 0 Å². The number of methoxy groups -OCH3 is 1. The molecule has 26 heavy (non-hydrogen) atoms. The van der Waals surface area contributed by atoms with E-state index in [9.17, 15) is 4.79 Å². The van der Waals surface area contributed by atoms with E-state index in [1.165, 1.54) is 35.5 Å². The number of carbonyl (C=O) groups is 1. The molecule has 1 aliphatic heterocycles. The van der Waals surface area contributed by atoms with Crippen LogP contribution >= 0.6 is 23.5 Å². The lowest BCUT2D eigenvalue weighted by Gasteiger charge is -2.42. The lowest BCUT2D eigenvalue weighted by molar-refractivity contribution is -0.126. The predicted molar refractivity (Wildman–Crippen MR) is 111 cm³/mol. The summed E-state index contributed by atoms with van der Waals surface area (Å²) in [7, 11) is 1.71. The molecule has 1 heterocycles. The Labute approximate surface area is 165 Å². The fourth-order valence-electron chi connectivity index (χ4n) is 5.18. The highest BCUT2D eigenvalue weighted by molar-refractivity contribution is 8.21. The summed E-state index contributed by atoms with van der Waals surface area (Å²) >= 11 is 4.39. The number of benzene rings is 1. The predicted octanol–water partition coefficient (Wildman–Crippen LogP) is 4.27. The highest BCUT2D eigenvalue weighted by Crippen LogP contribution is 2.65. The van der Waals surface area contributed by atoms with Gasteiger partial charge in [0.05, 0.1) is 11.2 Å². The van der Waals surface area contributed by atoms with Crippen LogP contribution in [0.3, 0.4) is 0 Å². The third-order valence-corrected chi connectivity index (χ3v) is 10.4. The highest BCUT2D eigenvalue weighted by Gasteiger charge is 2.57. The van der Waals surface area contributed by atoms with E-state index >= 15 is 0 Å². The number of thioether (sulfide) groups is 2. The van der Waals surface area contributed by atoms with Crippen LogP contribution < -0.4 is 10.1 Å². The van der Waals surface area contributed by atoms with Gasteiger partial charge in [0, 0.05) is 24.0 Å². The maximum Gasteiger partial charge on any atom is 0.223 e. The summed E-state index contributed by atoms with van der Waals surface area (Å²) in [4.78, 5) is 12.8. The Morgan fingerprint density at radius 1 is 1.23 bits per heavy atom. The summed E-state index contributed by atoms with van der Waals surface area (Å²) < 4.78 is 5.91. The number of carbonyl (C=O) groups excluding carboxylic acids is 1. The van der Waals surface area contributed by atoms with Gasteiger partial charge in [0.1, 0.15) is 5.75 Å². The zero-order valence-electron chi connectivity index (χ0n) is 15.8. The van der Waals surface area contributed by atoms with Gasteiger partial charge in [-0.3, -0.25) is 4.79 Å². The molecule has 1 spiro atoms. The van der Waals surface area contributed by atoms with Crippen molar-refractivity contribution in [2.45, 2.75) is 43.1 Å². The molecule has 2 aliphatic carbocycles. The molecule has 142 valence electrons. The Bertz CT molecular complexity index is 656. The average Bonchev–Trinajstić information content (AvgIpc) is 3.17. The molecule has 1 aromatic rings. The van der Waals surface area contributed by atoms with Crippen molar-refractivity contribution < 1.29 is 9.53 Å². The Hall–Kier alpha value is -0.810. The molecule has 1 unspecified atom stereocenters. The third kappa shape index (κ3) is 3.37. The van der Waals surface area contributed by atoms with Crippen LogP contribution in [0, 0.1) is 24.7 Å². The Morgan fingerprint density at radius 2 is 1.92 bits per heavy atom. The Morgan fingerprint density at radius 3 is 2.58 bits per heavy atom. The summed E-state index contributed by atoms with van der Waals surface area (Å²) in [6.07, 6.45) is 5.67. The molecule has 5 heteroatoms. The van der Waals surface area contributed by atoms with Crippen LogP contribution in [0.4, 0.5) is 0 Å². The second-order valence-corrected chi connectivity index (χ2v) is 10.9. The molecule has 3 fully saturated rings. The van der Waals surface area contributed by atoms with Crippen LogP contribution in [0.15, 0.2) is 18.2 Å². The van der Waals surface area contributed by atoms with Crippen LogP contribution in [-0.2, 0) is 11.2 Å². The highest BCUT2D eigenvalue weighted by atomic mass is 32.2. The molecule has 1 aromatic carbocycles. The second-order valence-electron chi connectivity index (χ2n) is 7.91. The van der Waals surface area contributed by atoms with E-state index in [2.05, 4.69) is 47.9 Å². The van der Waals surface area contributed by atoms with Gasteiger partial charge in [0.2, 0.25) is 5.91 Å². The molecule has 1 saturated heterocycles. The maximum absolute atomic E-state index is 12.8. The number of hydrogen-bond donors (Lipinski definition) is 1. The molecule has 3 aliphatic rings. The molecule has 1 N–H and O–H groups in total. The van der Waals surface area contributed by atoms with Gasteiger partial charge in [0.25, 0.3) is 0 Å². The topological polar surface area (TPSA) is 38.3 Å². The number of ether oxygens (including phenoxy) is 1. The van der Waals surface area contributed by atoms with Gasteiger partial charge >= 0.3 is 0 Å². The van der Waals surface area contributed by atoms with Crippen molar-refractivity contribution >= 4 is 29.4 Å². The van der Waals surface area contributed by atoms with E-state index < -0.39 is 0 Å². The quantitative estimate of drug-likeness (QED) is 0.813. The van der Waals surface area contributed by atoms with Crippen molar-refractivity contribution in [3.63, 3.8) is 0 Å². The average molecular weight is 392 g/mol. The van der Waals surface area contributed by atoms with Gasteiger partial charge in [-0.2, -0.15) is 0 Å². The lowest BCUT2D eigenvalue weighted by Crippen LogP contribution is -2.43. The van der Waals surface area contributed by atoms with Crippen molar-refractivity contribution in [2.24, 2.45) is 17.8 Å². The van der Waals surface area contributed by atoms with Crippen LogP contribution in [-0.4, -0.2) is 35.1 Å². The normalized spacial score (nSPS) is 29.1. The lowest BCUT2D eigenvalue weighted by atomic mass is 9.79. The smallest absolute Gasteiger partial charge is 0.223 e. The van der Waals surface area contributed by atoms with E-state index in [0.717, 1.165) is 36.8 Å². The Kier molecular flexibility index (Phi) is 5.47. The maximum atomic E-state index is 12.8. The van der Waals surface area contributed by atoms with Gasteiger partial charge in [-0.1, -0.05) is 17.7 Å². The van der Waals surface area contributed by atoms with Crippen LogP contribution in [0.1, 0.15) is 36.8 Å². The van der Waals surface area contributed by atoms with Crippen molar-refractivity contribution in [3.05, 3.63) is 29.3 Å². The van der Waals surface area contributed by atoms with E-state index in [4.69, 9.17) is 4.74 Å². The zero-order chi connectivity index (χ0) is 18.1. The fraction of sp³-hybridized carbons (Fsp3) is 0.667. The van der Waals surface area contributed by atoms with Gasteiger partial charge < -0.3 is 10.1 Å². The summed E-state index contributed by atoms with van der Waals surface area (Å²) in [6, 6.07) is 6.24. The van der Waals surface area contributed by atoms with Gasteiger partial charge in [0.15, 0.2) is 0 Å². The van der Waals surface area contributed by atoms with E-state index in [1.54, 1.807) is 7.11 Å². The SMILES string of the molecule is COc1ccc(C)cc1CCNC(=O)C1C[C@H]2CC[C@@H](C1)C21SCCS1. The van der Waals surface area contributed by atoms with Crippen molar-refractivity contribution in [2.75, 3.05) is 25.2 Å². The number of rotatable bonds is 5. The first-order chi connectivity index (χ1) is 12.6. The van der Waals surface area contributed by atoms with Crippen molar-refractivity contribution in [1.82, 2.24) is 5.32 Å². The van der Waals surface area contributed by atoms with E-state index in [-0.39, 0.29) is 11.8 Å². The first-order valence-corrected chi connectivity index (χ1v) is 11.8. The van der Waals surface area contributed by atoms with Gasteiger partial charge in [-0.15, -0.1) is 23.5 Å². The zero-order valence-corrected chi connectivity index (χ0v) is 17.4. The second kappa shape index (κ2) is 7.67. The molecule has 3 nitrogen and oxygen atoms in total. The first kappa shape index (κ1) is 18.5. The minimum atomic E-state index is 0.222. The van der Waals surface area contributed by atoms with Crippen molar-refractivity contribution in [3.8, 4) is 5.75 Å². The standard InChI is InChI=1S/C21H29NO2S2/c1-14-3-6-19(24-2)15(11-14)7-8-22-20(23)16-12-17-4-5-18(13-16)21(17)25-9-10-26-21/h3,6,11,16-18H,4-5,7-10,12-13H2,1-2H3,(H,22,23)/t16?,17-,18+. The minimum absolute atomic E-state index is 0.222. The van der Waals surface area contributed by atoms with E-state index in [1.807, 2.05) is 6.07 Å². The summed E-state index contributed by atoms with van der Waals surface area (Å²) in [5, 5.41) is 3.21. The fourth-order valence-corrected chi connectivity index (χ4v) is 9.12. The van der Waals surface area contributed by atoms with Crippen molar-refractivity contribution in [1.29, 1.82) is 0 Å². The minimum Gasteiger partial charge on any atom is -0.496 e. The number of nitrogens with one attached hydrogen (secondary N) is 1. The molecule has 3 atom stereocenters. The number of aryl methyl sites for hydroxylation is 1. The molecule has 0 aromatic heterocycles.